The van der Waals surface area contributed by atoms with Gasteiger partial charge in [-0.15, -0.1) is 0 Å². The topological polar surface area (TPSA) is 61.4 Å². The van der Waals surface area contributed by atoms with E-state index in [-0.39, 0.29) is 11.8 Å². The highest BCUT2D eigenvalue weighted by Gasteiger charge is 2.08. The minimum Gasteiger partial charge on any atom is -0.378 e. The molecular weight excluding hydrogens is 314 g/mol. The number of anilines is 1. The fraction of sp³-hybridized carbons (Fsp3) is 0.300. The number of aryl methyl sites for hydroxylation is 2. The number of nitrogens with one attached hydrogen (secondary N) is 2. The van der Waals surface area contributed by atoms with E-state index in [0.29, 0.717) is 24.2 Å². The number of benzene rings is 2. The van der Waals surface area contributed by atoms with E-state index in [1.807, 2.05) is 63.2 Å². The van der Waals surface area contributed by atoms with Crippen LogP contribution in [-0.4, -0.2) is 39.0 Å². The molecule has 0 aliphatic rings. The van der Waals surface area contributed by atoms with Crippen molar-refractivity contribution in [2.24, 2.45) is 0 Å². The van der Waals surface area contributed by atoms with Gasteiger partial charge in [0.15, 0.2) is 0 Å². The molecule has 0 saturated heterocycles. The fourth-order valence-corrected chi connectivity index (χ4v) is 2.35. The molecular formula is C20H25N3O2. The highest BCUT2D eigenvalue weighted by atomic mass is 16.2. The van der Waals surface area contributed by atoms with E-state index < -0.39 is 0 Å². The third-order valence-corrected chi connectivity index (χ3v) is 4.11. The minimum absolute atomic E-state index is 0.132. The summed E-state index contributed by atoms with van der Waals surface area (Å²) in [5.74, 6) is -0.279. The van der Waals surface area contributed by atoms with Crippen molar-refractivity contribution in [3.63, 3.8) is 0 Å². The van der Waals surface area contributed by atoms with Crippen LogP contribution in [-0.2, 0) is 0 Å². The van der Waals surface area contributed by atoms with Crippen LogP contribution in [0.15, 0.2) is 42.5 Å². The van der Waals surface area contributed by atoms with Gasteiger partial charge in [0.25, 0.3) is 11.8 Å². The first-order chi connectivity index (χ1) is 11.9. The van der Waals surface area contributed by atoms with Crippen LogP contribution < -0.4 is 15.5 Å². The summed E-state index contributed by atoms with van der Waals surface area (Å²) in [6.07, 6.45) is 0. The van der Waals surface area contributed by atoms with Crippen molar-refractivity contribution in [1.29, 1.82) is 0 Å². The zero-order chi connectivity index (χ0) is 18.4. The van der Waals surface area contributed by atoms with E-state index in [4.69, 9.17) is 0 Å². The SMILES string of the molecule is Cc1ccc(C(=O)NCCNC(=O)c2ccc(N(C)C)cc2)cc1C. The Kier molecular flexibility index (Phi) is 6.17. The summed E-state index contributed by atoms with van der Waals surface area (Å²) in [5.41, 5.74) is 4.52. The van der Waals surface area contributed by atoms with Gasteiger partial charge in [-0.2, -0.15) is 0 Å². The molecule has 25 heavy (non-hydrogen) atoms. The van der Waals surface area contributed by atoms with Crippen molar-refractivity contribution < 1.29 is 9.59 Å². The third-order valence-electron chi connectivity index (χ3n) is 4.11. The lowest BCUT2D eigenvalue weighted by atomic mass is 10.1. The van der Waals surface area contributed by atoms with Crippen LogP contribution in [0, 0.1) is 13.8 Å². The highest BCUT2D eigenvalue weighted by Crippen LogP contribution is 2.12. The van der Waals surface area contributed by atoms with Crippen molar-refractivity contribution in [3.8, 4) is 0 Å². The Hall–Kier alpha value is -2.82. The number of nitrogens with zero attached hydrogens (tertiary/aromatic N) is 1. The number of hydrogen-bond acceptors (Lipinski definition) is 3. The molecule has 0 bridgehead atoms. The summed E-state index contributed by atoms with van der Waals surface area (Å²) in [7, 11) is 3.90. The summed E-state index contributed by atoms with van der Waals surface area (Å²) >= 11 is 0. The molecule has 0 spiro atoms. The molecule has 5 nitrogen and oxygen atoms in total. The lowest BCUT2D eigenvalue weighted by molar-refractivity contribution is 0.0927. The van der Waals surface area contributed by atoms with Gasteiger partial charge in [-0.1, -0.05) is 6.07 Å². The molecule has 0 aromatic heterocycles. The molecule has 0 aliphatic carbocycles. The standard InChI is InChI=1S/C20H25N3O2/c1-14-5-6-17(13-15(14)2)20(25)22-12-11-21-19(24)16-7-9-18(10-8-16)23(3)4/h5-10,13H,11-12H2,1-4H3,(H,21,24)(H,22,25). The summed E-state index contributed by atoms with van der Waals surface area (Å²) in [6, 6.07) is 13.0. The van der Waals surface area contributed by atoms with Gasteiger partial charge >= 0.3 is 0 Å². The second-order valence-corrected chi connectivity index (χ2v) is 6.25. The molecule has 0 saturated carbocycles. The smallest absolute Gasteiger partial charge is 0.251 e. The molecule has 0 atom stereocenters. The molecule has 2 amide bonds. The molecule has 5 heteroatoms. The summed E-state index contributed by atoms with van der Waals surface area (Å²) in [6.45, 7) is 4.75. The minimum atomic E-state index is -0.147. The number of carbonyl (C=O) groups excluding carboxylic acids is 2. The monoisotopic (exact) mass is 339 g/mol. The molecule has 0 heterocycles. The summed E-state index contributed by atoms with van der Waals surface area (Å²) in [4.78, 5) is 26.2. The first-order valence-corrected chi connectivity index (χ1v) is 8.29. The Morgan fingerprint density at radius 1 is 0.800 bits per heavy atom. The molecule has 0 unspecified atom stereocenters. The lowest BCUT2D eigenvalue weighted by Crippen LogP contribution is -2.34. The van der Waals surface area contributed by atoms with E-state index >= 15 is 0 Å². The Balaban J connectivity index is 1.79. The Labute approximate surface area is 149 Å². The van der Waals surface area contributed by atoms with Gasteiger partial charge in [-0.3, -0.25) is 9.59 Å². The van der Waals surface area contributed by atoms with Gasteiger partial charge in [0, 0.05) is 44.0 Å². The van der Waals surface area contributed by atoms with Crippen molar-refractivity contribution >= 4 is 17.5 Å². The van der Waals surface area contributed by atoms with E-state index in [0.717, 1.165) is 16.8 Å². The average molecular weight is 339 g/mol. The van der Waals surface area contributed by atoms with Crippen LogP contribution in [0.1, 0.15) is 31.8 Å². The summed E-state index contributed by atoms with van der Waals surface area (Å²) < 4.78 is 0. The molecule has 0 fully saturated rings. The van der Waals surface area contributed by atoms with Gasteiger partial charge in [0.05, 0.1) is 0 Å². The van der Waals surface area contributed by atoms with Crippen molar-refractivity contribution in [3.05, 3.63) is 64.7 Å². The highest BCUT2D eigenvalue weighted by molar-refractivity contribution is 5.95. The normalized spacial score (nSPS) is 10.2. The van der Waals surface area contributed by atoms with Gasteiger partial charge in [0.2, 0.25) is 0 Å². The average Bonchev–Trinajstić information content (AvgIpc) is 2.60. The largest absolute Gasteiger partial charge is 0.378 e. The quantitative estimate of drug-likeness (QED) is 0.795. The predicted octanol–water partition coefficient (Wildman–Crippen LogP) is 2.53. The Morgan fingerprint density at radius 2 is 1.32 bits per heavy atom. The van der Waals surface area contributed by atoms with Crippen LogP contribution in [0.25, 0.3) is 0 Å². The van der Waals surface area contributed by atoms with Crippen molar-refractivity contribution in [1.82, 2.24) is 10.6 Å². The number of carbonyl (C=O) groups is 2. The zero-order valence-corrected chi connectivity index (χ0v) is 15.2. The molecule has 2 rings (SSSR count). The number of amides is 2. The van der Waals surface area contributed by atoms with Gasteiger partial charge in [0.1, 0.15) is 0 Å². The molecule has 2 aromatic carbocycles. The maximum Gasteiger partial charge on any atom is 0.251 e. The van der Waals surface area contributed by atoms with E-state index in [2.05, 4.69) is 10.6 Å². The number of hydrogen-bond donors (Lipinski definition) is 2. The third kappa shape index (κ3) is 5.08. The first-order valence-electron chi connectivity index (χ1n) is 8.29. The first kappa shape index (κ1) is 18.5. The molecule has 0 radical (unpaired) electrons. The maximum atomic E-state index is 12.1. The van der Waals surface area contributed by atoms with Gasteiger partial charge in [-0.25, -0.2) is 0 Å². The fourth-order valence-electron chi connectivity index (χ4n) is 2.35. The van der Waals surface area contributed by atoms with E-state index in [9.17, 15) is 9.59 Å². The summed E-state index contributed by atoms with van der Waals surface area (Å²) in [5, 5.41) is 5.62. The molecule has 2 aromatic rings. The molecule has 0 aliphatic heterocycles. The Morgan fingerprint density at radius 3 is 1.84 bits per heavy atom. The Bertz CT molecular complexity index is 752. The van der Waals surface area contributed by atoms with E-state index in [1.54, 1.807) is 12.1 Å². The maximum absolute atomic E-state index is 12.1. The predicted molar refractivity (Wildman–Crippen MR) is 101 cm³/mol. The molecule has 2 N–H and O–H groups in total. The zero-order valence-electron chi connectivity index (χ0n) is 15.2. The number of rotatable bonds is 6. The van der Waals surface area contributed by atoms with Crippen molar-refractivity contribution in [2.45, 2.75) is 13.8 Å². The van der Waals surface area contributed by atoms with Gasteiger partial charge < -0.3 is 15.5 Å². The van der Waals surface area contributed by atoms with Crippen molar-refractivity contribution in [2.75, 3.05) is 32.1 Å². The van der Waals surface area contributed by atoms with Crippen LogP contribution >= 0.6 is 0 Å². The van der Waals surface area contributed by atoms with Gasteiger partial charge in [-0.05, 0) is 61.4 Å². The van der Waals surface area contributed by atoms with Crippen LogP contribution in [0.4, 0.5) is 5.69 Å². The van der Waals surface area contributed by atoms with Crippen LogP contribution in [0.5, 0.6) is 0 Å². The van der Waals surface area contributed by atoms with Crippen LogP contribution in [0.2, 0.25) is 0 Å². The lowest BCUT2D eigenvalue weighted by Gasteiger charge is -2.12. The van der Waals surface area contributed by atoms with E-state index in [1.165, 1.54) is 0 Å². The second-order valence-electron chi connectivity index (χ2n) is 6.25. The molecule has 132 valence electrons. The second kappa shape index (κ2) is 8.33. The van der Waals surface area contributed by atoms with Crippen LogP contribution in [0.3, 0.4) is 0 Å².